The maximum absolute atomic E-state index is 10.6. The summed E-state index contributed by atoms with van der Waals surface area (Å²) in [5, 5.41) is 9.36. The number of aliphatic hydroxyl groups excluding tert-OH is 1. The van der Waals surface area contributed by atoms with Crippen molar-refractivity contribution >= 4 is 17.9 Å². The Bertz CT molecular complexity index is 323. The molecule has 0 aliphatic carbocycles. The van der Waals surface area contributed by atoms with Gasteiger partial charge in [0.1, 0.15) is 6.29 Å². The summed E-state index contributed by atoms with van der Waals surface area (Å²) in [5.41, 5.74) is 1.57. The van der Waals surface area contributed by atoms with Crippen LogP contribution in [0.1, 0.15) is 35.2 Å². The second-order valence-corrected chi connectivity index (χ2v) is 3.79. The van der Waals surface area contributed by atoms with Crippen LogP contribution in [0, 0.1) is 0 Å². The van der Waals surface area contributed by atoms with Gasteiger partial charge in [-0.25, -0.2) is 0 Å². The standard InChI is InChI=1S/C11H13ClO2/c1-8(2-3-13)10-4-9(7-14)5-11(12)6-10/h4-8,13H,2-3H2,1H3. The SMILES string of the molecule is CC(CCO)c1cc(Cl)cc(C=O)c1. The average molecular weight is 213 g/mol. The first kappa shape index (κ1) is 11.2. The minimum atomic E-state index is 0.143. The molecule has 0 fully saturated rings. The third-order valence-corrected chi connectivity index (χ3v) is 2.43. The fourth-order valence-electron chi connectivity index (χ4n) is 1.35. The van der Waals surface area contributed by atoms with E-state index in [1.165, 1.54) is 0 Å². The van der Waals surface area contributed by atoms with Crippen molar-refractivity contribution in [2.45, 2.75) is 19.3 Å². The molecule has 0 aliphatic rings. The zero-order valence-corrected chi connectivity index (χ0v) is 8.79. The van der Waals surface area contributed by atoms with Crippen LogP contribution in [0.15, 0.2) is 18.2 Å². The van der Waals surface area contributed by atoms with Crippen molar-refractivity contribution in [3.63, 3.8) is 0 Å². The quantitative estimate of drug-likeness (QED) is 0.780. The Hall–Kier alpha value is -0.860. The summed E-state index contributed by atoms with van der Waals surface area (Å²) in [4.78, 5) is 10.6. The van der Waals surface area contributed by atoms with E-state index in [-0.39, 0.29) is 12.5 Å². The second-order valence-electron chi connectivity index (χ2n) is 3.35. The minimum absolute atomic E-state index is 0.143. The molecule has 0 heterocycles. The normalized spacial score (nSPS) is 12.5. The maximum Gasteiger partial charge on any atom is 0.150 e. The first-order valence-electron chi connectivity index (χ1n) is 4.54. The summed E-state index contributed by atoms with van der Waals surface area (Å²) in [6.45, 7) is 2.14. The third kappa shape index (κ3) is 2.82. The van der Waals surface area contributed by atoms with Crippen molar-refractivity contribution in [2.75, 3.05) is 6.61 Å². The smallest absolute Gasteiger partial charge is 0.150 e. The molecule has 0 saturated carbocycles. The van der Waals surface area contributed by atoms with E-state index in [9.17, 15) is 4.79 Å². The monoisotopic (exact) mass is 212 g/mol. The highest BCUT2D eigenvalue weighted by molar-refractivity contribution is 6.30. The fraction of sp³-hybridized carbons (Fsp3) is 0.364. The predicted molar refractivity (Wildman–Crippen MR) is 57.0 cm³/mol. The van der Waals surface area contributed by atoms with Gasteiger partial charge in [-0.05, 0) is 36.1 Å². The molecule has 1 atom stereocenters. The van der Waals surface area contributed by atoms with Gasteiger partial charge < -0.3 is 5.11 Å². The van der Waals surface area contributed by atoms with Crippen LogP contribution in [-0.4, -0.2) is 18.0 Å². The van der Waals surface area contributed by atoms with Crippen molar-refractivity contribution in [1.29, 1.82) is 0 Å². The summed E-state index contributed by atoms with van der Waals surface area (Å²) in [6.07, 6.45) is 1.46. The highest BCUT2D eigenvalue weighted by Gasteiger charge is 2.06. The van der Waals surface area contributed by atoms with Crippen molar-refractivity contribution < 1.29 is 9.90 Å². The van der Waals surface area contributed by atoms with Crippen LogP contribution in [-0.2, 0) is 0 Å². The molecule has 2 nitrogen and oxygen atoms in total. The van der Waals surface area contributed by atoms with E-state index in [1.807, 2.05) is 13.0 Å². The molecular formula is C11H13ClO2. The Morgan fingerprint density at radius 3 is 2.79 bits per heavy atom. The van der Waals surface area contributed by atoms with Gasteiger partial charge in [0, 0.05) is 17.2 Å². The van der Waals surface area contributed by atoms with Crippen molar-refractivity contribution in [3.8, 4) is 0 Å². The number of benzene rings is 1. The molecule has 1 aromatic rings. The van der Waals surface area contributed by atoms with Crippen LogP contribution in [0.4, 0.5) is 0 Å². The van der Waals surface area contributed by atoms with E-state index in [0.29, 0.717) is 17.0 Å². The van der Waals surface area contributed by atoms with Crippen molar-refractivity contribution in [1.82, 2.24) is 0 Å². The third-order valence-electron chi connectivity index (χ3n) is 2.21. The van der Waals surface area contributed by atoms with E-state index in [2.05, 4.69) is 0 Å². The van der Waals surface area contributed by atoms with Crippen LogP contribution in [0.3, 0.4) is 0 Å². The molecule has 3 heteroatoms. The molecule has 0 bridgehead atoms. The zero-order valence-electron chi connectivity index (χ0n) is 8.03. The summed E-state index contributed by atoms with van der Waals surface area (Å²) in [7, 11) is 0. The van der Waals surface area contributed by atoms with Gasteiger partial charge in [-0.3, -0.25) is 4.79 Å². The summed E-state index contributed by atoms with van der Waals surface area (Å²) in [6, 6.07) is 5.26. The molecule has 0 saturated heterocycles. The molecule has 0 radical (unpaired) electrons. The molecule has 76 valence electrons. The van der Waals surface area contributed by atoms with Crippen LogP contribution in [0.5, 0.6) is 0 Å². The molecule has 0 spiro atoms. The molecular weight excluding hydrogens is 200 g/mol. The van der Waals surface area contributed by atoms with E-state index < -0.39 is 0 Å². The van der Waals surface area contributed by atoms with E-state index >= 15 is 0 Å². The summed E-state index contributed by atoms with van der Waals surface area (Å²) < 4.78 is 0. The molecule has 1 unspecified atom stereocenters. The topological polar surface area (TPSA) is 37.3 Å². The minimum Gasteiger partial charge on any atom is -0.396 e. The lowest BCUT2D eigenvalue weighted by Crippen LogP contribution is -1.97. The number of carbonyl (C=O) groups is 1. The first-order chi connectivity index (χ1) is 6.67. The molecule has 0 aromatic heterocycles. The maximum atomic E-state index is 10.6. The fourth-order valence-corrected chi connectivity index (χ4v) is 1.60. The number of aldehydes is 1. The number of halogens is 1. The Morgan fingerprint density at radius 2 is 2.21 bits per heavy atom. The average Bonchev–Trinajstić information content (AvgIpc) is 2.17. The molecule has 0 amide bonds. The van der Waals surface area contributed by atoms with Gasteiger partial charge in [-0.1, -0.05) is 18.5 Å². The molecule has 1 rings (SSSR count). The predicted octanol–water partition coefficient (Wildman–Crippen LogP) is 2.64. The lowest BCUT2D eigenvalue weighted by Gasteiger charge is -2.10. The number of aliphatic hydroxyl groups is 1. The van der Waals surface area contributed by atoms with Gasteiger partial charge in [0.2, 0.25) is 0 Å². The number of rotatable bonds is 4. The Labute approximate surface area is 88.5 Å². The second kappa shape index (κ2) is 5.13. The van der Waals surface area contributed by atoms with Crippen molar-refractivity contribution in [2.24, 2.45) is 0 Å². The largest absolute Gasteiger partial charge is 0.396 e. The van der Waals surface area contributed by atoms with Crippen molar-refractivity contribution in [3.05, 3.63) is 34.3 Å². The Morgan fingerprint density at radius 1 is 1.50 bits per heavy atom. The van der Waals surface area contributed by atoms with Crippen LogP contribution < -0.4 is 0 Å². The molecule has 1 N–H and O–H groups in total. The van der Waals surface area contributed by atoms with Gasteiger partial charge in [-0.15, -0.1) is 0 Å². The Balaban J connectivity index is 2.96. The number of carbonyl (C=O) groups excluding carboxylic acids is 1. The number of hydrogen-bond donors (Lipinski definition) is 1. The van der Waals surface area contributed by atoms with Crippen LogP contribution >= 0.6 is 11.6 Å². The molecule has 14 heavy (non-hydrogen) atoms. The summed E-state index contributed by atoms with van der Waals surface area (Å²) >= 11 is 5.85. The molecule has 0 aliphatic heterocycles. The highest BCUT2D eigenvalue weighted by atomic mass is 35.5. The van der Waals surface area contributed by atoms with Crippen LogP contribution in [0.2, 0.25) is 5.02 Å². The number of hydrogen-bond acceptors (Lipinski definition) is 2. The van der Waals surface area contributed by atoms with Gasteiger partial charge in [0.05, 0.1) is 0 Å². The lowest BCUT2D eigenvalue weighted by atomic mass is 9.97. The molecule has 1 aromatic carbocycles. The van der Waals surface area contributed by atoms with E-state index in [1.54, 1.807) is 12.1 Å². The summed E-state index contributed by atoms with van der Waals surface area (Å²) in [5.74, 6) is 0.220. The Kier molecular flexibility index (Phi) is 4.11. The van der Waals surface area contributed by atoms with Gasteiger partial charge in [-0.2, -0.15) is 0 Å². The van der Waals surface area contributed by atoms with E-state index in [0.717, 1.165) is 11.8 Å². The first-order valence-corrected chi connectivity index (χ1v) is 4.91. The lowest BCUT2D eigenvalue weighted by molar-refractivity contribution is 0.112. The van der Waals surface area contributed by atoms with Gasteiger partial charge in [0.25, 0.3) is 0 Å². The van der Waals surface area contributed by atoms with E-state index in [4.69, 9.17) is 16.7 Å². The zero-order chi connectivity index (χ0) is 10.6. The van der Waals surface area contributed by atoms with Gasteiger partial charge in [0.15, 0.2) is 0 Å². The van der Waals surface area contributed by atoms with Gasteiger partial charge >= 0.3 is 0 Å². The van der Waals surface area contributed by atoms with Crippen LogP contribution in [0.25, 0.3) is 0 Å². The highest BCUT2D eigenvalue weighted by Crippen LogP contribution is 2.23.